The molecule has 27 heavy (non-hydrogen) atoms. The first kappa shape index (κ1) is 18.7. The molecule has 5 nitrogen and oxygen atoms in total. The van der Waals surface area contributed by atoms with E-state index in [4.69, 9.17) is 16.0 Å². The number of carbonyl (C=O) groups is 2. The molecule has 1 N–H and O–H groups in total. The summed E-state index contributed by atoms with van der Waals surface area (Å²) in [5.74, 6) is -1.03. The standard InChI is InChI=1S/C20H16ClFN2O3/c21-15-5-9-17(10-6-15)24(20(26)18-2-1-11-27-18)13-19(25)23-12-14-3-7-16(22)8-4-14/h1-11H,12-13H2,(H,23,25). The molecule has 138 valence electrons. The summed E-state index contributed by atoms with van der Waals surface area (Å²) in [5, 5.41) is 3.24. The molecule has 0 aliphatic carbocycles. The molecular formula is C20H16ClFN2O3. The van der Waals surface area contributed by atoms with Gasteiger partial charge < -0.3 is 9.73 Å². The number of amides is 2. The lowest BCUT2D eigenvalue weighted by Crippen LogP contribution is -2.40. The van der Waals surface area contributed by atoms with Crippen LogP contribution in [0.15, 0.2) is 71.3 Å². The molecule has 0 radical (unpaired) electrons. The Labute approximate surface area is 160 Å². The summed E-state index contributed by atoms with van der Waals surface area (Å²) in [6, 6.07) is 15.5. The van der Waals surface area contributed by atoms with E-state index in [1.54, 1.807) is 42.5 Å². The predicted molar refractivity (Wildman–Crippen MR) is 100 cm³/mol. The molecule has 2 aromatic carbocycles. The van der Waals surface area contributed by atoms with Crippen LogP contribution in [-0.4, -0.2) is 18.4 Å². The largest absolute Gasteiger partial charge is 0.459 e. The monoisotopic (exact) mass is 386 g/mol. The number of nitrogens with zero attached hydrogens (tertiary/aromatic N) is 1. The SMILES string of the molecule is O=C(CN(C(=O)c1ccco1)c1ccc(Cl)cc1)NCc1ccc(F)cc1. The van der Waals surface area contributed by atoms with Gasteiger partial charge in [-0.3, -0.25) is 14.5 Å². The lowest BCUT2D eigenvalue weighted by atomic mass is 10.2. The Bertz CT molecular complexity index is 909. The molecule has 1 aromatic heterocycles. The molecule has 0 saturated heterocycles. The first-order valence-electron chi connectivity index (χ1n) is 8.15. The molecule has 0 aliphatic rings. The molecule has 1 heterocycles. The zero-order valence-corrected chi connectivity index (χ0v) is 14.9. The van der Waals surface area contributed by atoms with Crippen LogP contribution in [0.3, 0.4) is 0 Å². The van der Waals surface area contributed by atoms with Gasteiger partial charge in [0.2, 0.25) is 5.91 Å². The number of furan rings is 1. The number of hydrogen-bond donors (Lipinski definition) is 1. The molecule has 0 fully saturated rings. The van der Waals surface area contributed by atoms with Crippen LogP contribution >= 0.6 is 11.6 Å². The Morgan fingerprint density at radius 2 is 1.74 bits per heavy atom. The van der Waals surface area contributed by atoms with Crippen molar-refractivity contribution in [1.29, 1.82) is 0 Å². The van der Waals surface area contributed by atoms with Gasteiger partial charge in [-0.1, -0.05) is 23.7 Å². The summed E-state index contributed by atoms with van der Waals surface area (Å²) in [6.07, 6.45) is 1.39. The van der Waals surface area contributed by atoms with Crippen molar-refractivity contribution in [1.82, 2.24) is 5.32 Å². The summed E-state index contributed by atoms with van der Waals surface area (Å²) in [7, 11) is 0. The van der Waals surface area contributed by atoms with E-state index in [2.05, 4.69) is 5.32 Å². The second-order valence-corrected chi connectivity index (χ2v) is 6.18. The molecular weight excluding hydrogens is 371 g/mol. The van der Waals surface area contributed by atoms with E-state index < -0.39 is 5.91 Å². The highest BCUT2D eigenvalue weighted by Crippen LogP contribution is 2.20. The number of hydrogen-bond acceptors (Lipinski definition) is 3. The van der Waals surface area contributed by atoms with Crippen molar-refractivity contribution in [2.24, 2.45) is 0 Å². The highest BCUT2D eigenvalue weighted by molar-refractivity contribution is 6.30. The smallest absolute Gasteiger partial charge is 0.294 e. The van der Waals surface area contributed by atoms with Gasteiger partial charge in [-0.25, -0.2) is 4.39 Å². The van der Waals surface area contributed by atoms with E-state index in [0.29, 0.717) is 10.7 Å². The number of benzene rings is 2. The van der Waals surface area contributed by atoms with Gasteiger partial charge >= 0.3 is 0 Å². The summed E-state index contributed by atoms with van der Waals surface area (Å²) >= 11 is 5.90. The first-order valence-corrected chi connectivity index (χ1v) is 8.53. The van der Waals surface area contributed by atoms with Crippen molar-refractivity contribution in [3.8, 4) is 0 Å². The highest BCUT2D eigenvalue weighted by atomic mass is 35.5. The molecule has 0 unspecified atom stereocenters. The predicted octanol–water partition coefficient (Wildman–Crippen LogP) is 4.04. The minimum Gasteiger partial charge on any atom is -0.459 e. The van der Waals surface area contributed by atoms with Gasteiger partial charge in [0.25, 0.3) is 5.91 Å². The lowest BCUT2D eigenvalue weighted by molar-refractivity contribution is -0.119. The van der Waals surface area contributed by atoms with Gasteiger partial charge in [-0.15, -0.1) is 0 Å². The summed E-state index contributed by atoms with van der Waals surface area (Å²) in [6.45, 7) is 0.0187. The topological polar surface area (TPSA) is 62.6 Å². The fourth-order valence-electron chi connectivity index (χ4n) is 2.44. The minimum atomic E-state index is -0.445. The van der Waals surface area contributed by atoms with Crippen LogP contribution in [-0.2, 0) is 11.3 Å². The average molecular weight is 387 g/mol. The second kappa shape index (κ2) is 8.51. The zero-order valence-electron chi connectivity index (χ0n) is 14.2. The van der Waals surface area contributed by atoms with E-state index in [9.17, 15) is 14.0 Å². The van der Waals surface area contributed by atoms with Crippen LogP contribution in [0.4, 0.5) is 10.1 Å². The Morgan fingerprint density at radius 3 is 2.37 bits per heavy atom. The summed E-state index contributed by atoms with van der Waals surface area (Å²) in [4.78, 5) is 26.4. The van der Waals surface area contributed by atoms with Crippen LogP contribution in [0.5, 0.6) is 0 Å². The van der Waals surface area contributed by atoms with E-state index in [-0.39, 0.29) is 30.6 Å². The Balaban J connectivity index is 1.72. The van der Waals surface area contributed by atoms with Crippen LogP contribution < -0.4 is 10.2 Å². The van der Waals surface area contributed by atoms with Gasteiger partial charge in [0.05, 0.1) is 6.26 Å². The number of rotatable bonds is 6. The molecule has 0 aliphatic heterocycles. The van der Waals surface area contributed by atoms with Crippen LogP contribution in [0.1, 0.15) is 16.1 Å². The molecule has 7 heteroatoms. The maximum Gasteiger partial charge on any atom is 0.294 e. The van der Waals surface area contributed by atoms with Crippen molar-refractivity contribution in [3.63, 3.8) is 0 Å². The number of carbonyl (C=O) groups excluding carboxylic acids is 2. The molecule has 0 saturated carbocycles. The van der Waals surface area contributed by atoms with Crippen molar-refractivity contribution < 1.29 is 18.4 Å². The fourth-order valence-corrected chi connectivity index (χ4v) is 2.56. The first-order chi connectivity index (χ1) is 13.0. The van der Waals surface area contributed by atoms with Gasteiger partial charge in [-0.2, -0.15) is 0 Å². The van der Waals surface area contributed by atoms with E-state index in [1.807, 2.05) is 0 Å². The van der Waals surface area contributed by atoms with Crippen molar-refractivity contribution in [2.45, 2.75) is 6.54 Å². The Morgan fingerprint density at radius 1 is 1.04 bits per heavy atom. The number of halogens is 2. The quantitative estimate of drug-likeness (QED) is 0.695. The maximum absolute atomic E-state index is 12.9. The van der Waals surface area contributed by atoms with Crippen molar-refractivity contribution in [3.05, 3.63) is 89.1 Å². The third-order valence-corrected chi connectivity index (χ3v) is 4.07. The van der Waals surface area contributed by atoms with Crippen molar-refractivity contribution in [2.75, 3.05) is 11.4 Å². The Hall–Kier alpha value is -3.12. The highest BCUT2D eigenvalue weighted by Gasteiger charge is 2.22. The van der Waals surface area contributed by atoms with Crippen LogP contribution in [0.25, 0.3) is 0 Å². The third kappa shape index (κ3) is 4.95. The van der Waals surface area contributed by atoms with Gasteiger partial charge in [0.1, 0.15) is 12.4 Å². The fraction of sp³-hybridized carbons (Fsp3) is 0.100. The lowest BCUT2D eigenvalue weighted by Gasteiger charge is -2.21. The number of nitrogens with one attached hydrogen (secondary N) is 1. The van der Waals surface area contributed by atoms with Crippen molar-refractivity contribution >= 4 is 29.1 Å². The van der Waals surface area contributed by atoms with Gasteiger partial charge in [-0.05, 0) is 54.1 Å². The third-order valence-electron chi connectivity index (χ3n) is 3.82. The van der Waals surface area contributed by atoms with Gasteiger partial charge in [0.15, 0.2) is 5.76 Å². The van der Waals surface area contributed by atoms with E-state index in [0.717, 1.165) is 5.56 Å². The number of anilines is 1. The normalized spacial score (nSPS) is 10.4. The molecule has 3 rings (SSSR count). The maximum atomic E-state index is 12.9. The van der Waals surface area contributed by atoms with Crippen LogP contribution in [0.2, 0.25) is 5.02 Å². The molecule has 0 bridgehead atoms. The molecule has 3 aromatic rings. The zero-order chi connectivity index (χ0) is 19.2. The van der Waals surface area contributed by atoms with E-state index in [1.165, 1.54) is 29.4 Å². The van der Waals surface area contributed by atoms with Crippen LogP contribution in [0, 0.1) is 5.82 Å². The molecule has 0 spiro atoms. The minimum absolute atomic E-state index is 0.122. The summed E-state index contributed by atoms with van der Waals surface area (Å²) < 4.78 is 18.1. The Kier molecular flexibility index (Phi) is 5.88. The van der Waals surface area contributed by atoms with Gasteiger partial charge in [0, 0.05) is 17.3 Å². The summed E-state index contributed by atoms with van der Waals surface area (Å²) in [5.41, 5.74) is 1.26. The average Bonchev–Trinajstić information content (AvgIpc) is 3.21. The van der Waals surface area contributed by atoms with E-state index >= 15 is 0 Å². The molecule has 2 amide bonds. The molecule has 0 atom stereocenters. The second-order valence-electron chi connectivity index (χ2n) is 5.75.